The lowest BCUT2D eigenvalue weighted by molar-refractivity contribution is -0.125. The minimum absolute atomic E-state index is 0.0436. The van der Waals surface area contributed by atoms with Gasteiger partial charge in [0.15, 0.2) is 0 Å². The van der Waals surface area contributed by atoms with E-state index in [0.29, 0.717) is 32.5 Å². The summed E-state index contributed by atoms with van der Waals surface area (Å²) < 4.78 is 12.0. The first-order valence-electron chi connectivity index (χ1n) is 23.2. The first-order valence-corrected chi connectivity index (χ1v) is 23.2. The highest BCUT2D eigenvalue weighted by Crippen LogP contribution is 2.16. The van der Waals surface area contributed by atoms with Crippen molar-refractivity contribution in [2.75, 3.05) is 26.3 Å². The van der Waals surface area contributed by atoms with E-state index < -0.39 is 11.7 Å². The van der Waals surface area contributed by atoms with Gasteiger partial charge in [0.1, 0.15) is 0 Å². The SMILES string of the molecule is CCCCCCCCCCCCCCCCCC(=O)NCC(CNC(=O)CCCCCCCCCCCCCCCCC)OCC(C)(C)OCC(C)O. The Morgan fingerprint density at radius 1 is 0.509 bits per heavy atom. The molecule has 7 heteroatoms. The Balaban J connectivity index is 4.15. The van der Waals surface area contributed by atoms with Gasteiger partial charge in [0.05, 0.1) is 31.0 Å². The zero-order valence-electron chi connectivity index (χ0n) is 36.2. The summed E-state index contributed by atoms with van der Waals surface area (Å²) in [6, 6.07) is 0. The number of aliphatic hydroxyl groups excluding tert-OH is 1. The number of hydrogen-bond donors (Lipinski definition) is 3. The summed E-state index contributed by atoms with van der Waals surface area (Å²) in [5, 5.41) is 15.7. The third-order valence-electron chi connectivity index (χ3n) is 10.5. The molecule has 0 aliphatic heterocycles. The minimum Gasteiger partial charge on any atom is -0.391 e. The molecular weight excluding hydrogens is 661 g/mol. The van der Waals surface area contributed by atoms with Gasteiger partial charge in [0, 0.05) is 25.9 Å². The lowest BCUT2D eigenvalue weighted by Crippen LogP contribution is -2.44. The first kappa shape index (κ1) is 51.8. The van der Waals surface area contributed by atoms with Crippen LogP contribution >= 0.6 is 0 Å². The summed E-state index contributed by atoms with van der Waals surface area (Å²) in [4.78, 5) is 25.3. The zero-order valence-corrected chi connectivity index (χ0v) is 36.2. The topological polar surface area (TPSA) is 96.9 Å². The lowest BCUT2D eigenvalue weighted by Gasteiger charge is -2.29. The Bertz CT molecular complexity index is 740. The number of amides is 2. The maximum absolute atomic E-state index is 12.7. The van der Waals surface area contributed by atoms with Crippen LogP contribution in [0.5, 0.6) is 0 Å². The normalized spacial score (nSPS) is 12.4. The Labute approximate surface area is 330 Å². The van der Waals surface area contributed by atoms with Gasteiger partial charge < -0.3 is 25.2 Å². The molecule has 0 bridgehead atoms. The Hall–Kier alpha value is -1.18. The highest BCUT2D eigenvalue weighted by Gasteiger charge is 2.23. The van der Waals surface area contributed by atoms with Crippen molar-refractivity contribution in [3.8, 4) is 0 Å². The number of nitrogens with one attached hydrogen (secondary N) is 2. The molecule has 316 valence electrons. The number of carbonyl (C=O) groups excluding carboxylic acids is 2. The largest absolute Gasteiger partial charge is 0.391 e. The van der Waals surface area contributed by atoms with Crippen LogP contribution in [0.1, 0.15) is 240 Å². The van der Waals surface area contributed by atoms with E-state index in [9.17, 15) is 14.7 Å². The van der Waals surface area contributed by atoms with Crippen LogP contribution in [0, 0.1) is 0 Å². The van der Waals surface area contributed by atoms with Gasteiger partial charge in [0.2, 0.25) is 11.8 Å². The maximum atomic E-state index is 12.7. The Morgan fingerprint density at radius 3 is 1.08 bits per heavy atom. The van der Waals surface area contributed by atoms with Crippen LogP contribution in [0.4, 0.5) is 0 Å². The monoisotopic (exact) mass is 753 g/mol. The van der Waals surface area contributed by atoms with E-state index in [1.54, 1.807) is 6.92 Å². The number of carbonyl (C=O) groups is 2. The molecule has 0 fully saturated rings. The number of unbranched alkanes of at least 4 members (excludes halogenated alkanes) is 28. The molecule has 2 amide bonds. The van der Waals surface area contributed by atoms with Gasteiger partial charge in [-0.05, 0) is 33.6 Å². The van der Waals surface area contributed by atoms with Crippen molar-refractivity contribution < 1.29 is 24.2 Å². The van der Waals surface area contributed by atoms with Crippen molar-refractivity contribution in [2.24, 2.45) is 0 Å². The molecule has 53 heavy (non-hydrogen) atoms. The van der Waals surface area contributed by atoms with E-state index in [-0.39, 0.29) is 24.5 Å². The van der Waals surface area contributed by atoms with E-state index in [2.05, 4.69) is 24.5 Å². The van der Waals surface area contributed by atoms with Gasteiger partial charge in [-0.15, -0.1) is 0 Å². The second-order valence-corrected chi connectivity index (χ2v) is 16.9. The Morgan fingerprint density at radius 2 is 0.792 bits per heavy atom. The number of rotatable bonds is 42. The molecule has 0 aliphatic carbocycles. The molecule has 3 N–H and O–H groups in total. The second kappa shape index (κ2) is 39.1. The van der Waals surface area contributed by atoms with Crippen LogP contribution in [-0.4, -0.2) is 61.0 Å². The average molecular weight is 753 g/mol. The van der Waals surface area contributed by atoms with Crippen LogP contribution in [0.25, 0.3) is 0 Å². The maximum Gasteiger partial charge on any atom is 0.220 e. The second-order valence-electron chi connectivity index (χ2n) is 16.9. The van der Waals surface area contributed by atoms with Gasteiger partial charge in [-0.3, -0.25) is 9.59 Å². The van der Waals surface area contributed by atoms with Crippen molar-refractivity contribution in [1.82, 2.24) is 10.6 Å². The molecule has 0 aromatic heterocycles. The molecule has 0 saturated heterocycles. The summed E-state index contributed by atoms with van der Waals surface area (Å²) in [5.41, 5.74) is -0.592. The smallest absolute Gasteiger partial charge is 0.220 e. The molecule has 1 atom stereocenters. The molecule has 0 radical (unpaired) electrons. The highest BCUT2D eigenvalue weighted by atomic mass is 16.6. The van der Waals surface area contributed by atoms with E-state index >= 15 is 0 Å². The van der Waals surface area contributed by atoms with Gasteiger partial charge in [0.25, 0.3) is 0 Å². The first-order chi connectivity index (χ1) is 25.7. The Kier molecular flexibility index (Phi) is 38.2. The van der Waals surface area contributed by atoms with Gasteiger partial charge in [-0.1, -0.05) is 194 Å². The molecule has 0 heterocycles. The van der Waals surface area contributed by atoms with Crippen molar-refractivity contribution in [2.45, 2.75) is 258 Å². The molecule has 0 aliphatic rings. The summed E-state index contributed by atoms with van der Waals surface area (Å²) in [6.45, 7) is 11.3. The number of aliphatic hydroxyl groups is 1. The van der Waals surface area contributed by atoms with E-state index in [4.69, 9.17) is 9.47 Å². The van der Waals surface area contributed by atoms with Crippen LogP contribution in [0.2, 0.25) is 0 Å². The summed E-state index contributed by atoms with van der Waals surface area (Å²) in [7, 11) is 0. The quantitative estimate of drug-likeness (QED) is 0.0540. The summed E-state index contributed by atoms with van der Waals surface area (Å²) in [5.74, 6) is 0.0871. The lowest BCUT2D eigenvalue weighted by atomic mass is 10.0. The van der Waals surface area contributed by atoms with Crippen LogP contribution < -0.4 is 10.6 Å². The molecule has 0 rings (SSSR count). The summed E-state index contributed by atoms with van der Waals surface area (Å²) in [6.07, 6.45) is 39.4. The van der Waals surface area contributed by atoms with Gasteiger partial charge in [-0.2, -0.15) is 0 Å². The minimum atomic E-state index is -0.592. The standard InChI is InChI=1S/C46H92N2O5/c1-6-8-10-12-14-16-18-20-22-24-26-28-30-32-34-36-44(50)47-38-43(52-41-46(4,5)53-40-42(3)49)39-48-45(51)37-35-33-31-29-27-25-23-21-19-17-15-13-11-9-7-2/h42-43,49H,6-41H2,1-5H3,(H,47,50)(H,48,51). The molecule has 0 aromatic carbocycles. The van der Waals surface area contributed by atoms with E-state index in [0.717, 1.165) is 25.7 Å². The fourth-order valence-electron chi connectivity index (χ4n) is 6.84. The van der Waals surface area contributed by atoms with Gasteiger partial charge in [-0.25, -0.2) is 0 Å². The van der Waals surface area contributed by atoms with E-state index in [1.165, 1.54) is 167 Å². The zero-order chi connectivity index (χ0) is 39.1. The van der Waals surface area contributed by atoms with Crippen LogP contribution in [0.3, 0.4) is 0 Å². The third-order valence-corrected chi connectivity index (χ3v) is 10.5. The van der Waals surface area contributed by atoms with Crippen molar-refractivity contribution in [3.63, 3.8) is 0 Å². The third kappa shape index (κ3) is 40.3. The average Bonchev–Trinajstić information content (AvgIpc) is 3.13. The van der Waals surface area contributed by atoms with E-state index in [1.807, 2.05) is 13.8 Å². The highest BCUT2D eigenvalue weighted by molar-refractivity contribution is 5.76. The van der Waals surface area contributed by atoms with Crippen molar-refractivity contribution >= 4 is 11.8 Å². The predicted molar refractivity (Wildman–Crippen MR) is 227 cm³/mol. The molecule has 1 unspecified atom stereocenters. The molecule has 0 saturated carbocycles. The van der Waals surface area contributed by atoms with Crippen LogP contribution in [-0.2, 0) is 19.1 Å². The van der Waals surface area contributed by atoms with Crippen molar-refractivity contribution in [3.05, 3.63) is 0 Å². The predicted octanol–water partition coefficient (Wildman–Crippen LogP) is 12.3. The summed E-state index contributed by atoms with van der Waals surface area (Å²) >= 11 is 0. The van der Waals surface area contributed by atoms with Gasteiger partial charge >= 0.3 is 0 Å². The fourth-order valence-corrected chi connectivity index (χ4v) is 6.84. The molecule has 0 aromatic rings. The van der Waals surface area contributed by atoms with Crippen molar-refractivity contribution in [1.29, 1.82) is 0 Å². The number of ether oxygens (including phenoxy) is 2. The molecule has 7 nitrogen and oxygen atoms in total. The fraction of sp³-hybridized carbons (Fsp3) is 0.957. The van der Waals surface area contributed by atoms with Crippen LogP contribution in [0.15, 0.2) is 0 Å². The number of hydrogen-bond acceptors (Lipinski definition) is 5. The molecule has 0 spiro atoms. The molecular formula is C46H92N2O5.